The number of anilines is 1. The van der Waals surface area contributed by atoms with Crippen molar-refractivity contribution in [3.63, 3.8) is 0 Å². The number of rotatable bonds is 7. The molecule has 1 atom stereocenters. The van der Waals surface area contributed by atoms with Crippen molar-refractivity contribution in [2.75, 3.05) is 25.6 Å². The smallest absolute Gasteiger partial charge is 0.161 e. The highest BCUT2D eigenvalue weighted by Crippen LogP contribution is 2.31. The standard InChI is InChI=1S/C14H24N4OS/c1-4-11(5-2)13-9-15-14(20-13)17-12-8-16-18(10-12)6-7-19-3/h8,10-11,13H,4-7,9H2,1-3H3,(H,15,17). The molecule has 0 amide bonds. The Morgan fingerprint density at radius 1 is 1.50 bits per heavy atom. The van der Waals surface area contributed by atoms with Crippen molar-refractivity contribution in [1.29, 1.82) is 0 Å². The van der Waals surface area contributed by atoms with Crippen molar-refractivity contribution >= 4 is 22.6 Å². The largest absolute Gasteiger partial charge is 0.383 e. The molecule has 0 fully saturated rings. The Kier molecular flexibility index (Phi) is 5.91. The van der Waals surface area contributed by atoms with Crippen LogP contribution >= 0.6 is 11.8 Å². The molecule has 6 heteroatoms. The van der Waals surface area contributed by atoms with Crippen LogP contribution in [0.15, 0.2) is 17.4 Å². The Labute approximate surface area is 125 Å². The number of methoxy groups -OCH3 is 1. The molecule has 0 spiro atoms. The molecule has 0 saturated carbocycles. The Balaban J connectivity index is 1.84. The van der Waals surface area contributed by atoms with Gasteiger partial charge in [0.25, 0.3) is 0 Å². The lowest BCUT2D eigenvalue weighted by molar-refractivity contribution is 0.183. The fraction of sp³-hybridized carbons (Fsp3) is 0.714. The van der Waals surface area contributed by atoms with Crippen molar-refractivity contribution in [1.82, 2.24) is 9.78 Å². The van der Waals surface area contributed by atoms with Gasteiger partial charge in [-0.05, 0) is 5.92 Å². The molecule has 0 aromatic carbocycles. The minimum Gasteiger partial charge on any atom is -0.383 e. The van der Waals surface area contributed by atoms with Gasteiger partial charge < -0.3 is 10.1 Å². The van der Waals surface area contributed by atoms with Gasteiger partial charge in [0.05, 0.1) is 31.6 Å². The lowest BCUT2D eigenvalue weighted by atomic mass is 9.99. The number of thioether (sulfide) groups is 1. The number of aromatic nitrogens is 2. The number of ether oxygens (including phenoxy) is 1. The van der Waals surface area contributed by atoms with Gasteiger partial charge in [-0.25, -0.2) is 0 Å². The lowest BCUT2D eigenvalue weighted by Crippen LogP contribution is -2.17. The first-order valence-corrected chi connectivity index (χ1v) is 8.14. The predicted molar refractivity (Wildman–Crippen MR) is 85.5 cm³/mol. The van der Waals surface area contributed by atoms with Gasteiger partial charge in [-0.3, -0.25) is 9.67 Å². The first kappa shape index (κ1) is 15.4. The highest BCUT2D eigenvalue weighted by molar-refractivity contribution is 8.15. The molecule has 1 aromatic rings. The number of amidine groups is 1. The van der Waals surface area contributed by atoms with Gasteiger partial charge in [-0.15, -0.1) is 0 Å². The molecule has 2 heterocycles. The fourth-order valence-electron chi connectivity index (χ4n) is 2.38. The van der Waals surface area contributed by atoms with Crippen LogP contribution in [-0.4, -0.2) is 40.5 Å². The minimum absolute atomic E-state index is 0.621. The van der Waals surface area contributed by atoms with Gasteiger partial charge in [0, 0.05) is 18.6 Å². The minimum atomic E-state index is 0.621. The molecule has 20 heavy (non-hydrogen) atoms. The molecule has 0 aliphatic carbocycles. The van der Waals surface area contributed by atoms with E-state index in [9.17, 15) is 0 Å². The van der Waals surface area contributed by atoms with Gasteiger partial charge in [0.1, 0.15) is 0 Å². The van der Waals surface area contributed by atoms with Gasteiger partial charge in [-0.1, -0.05) is 38.5 Å². The second-order valence-corrected chi connectivity index (χ2v) is 6.22. The molecular weight excluding hydrogens is 272 g/mol. The van der Waals surface area contributed by atoms with E-state index in [1.807, 2.05) is 28.8 Å². The van der Waals surface area contributed by atoms with E-state index >= 15 is 0 Å². The molecule has 1 aromatic heterocycles. The van der Waals surface area contributed by atoms with Crippen molar-refractivity contribution in [3.8, 4) is 0 Å². The molecular formula is C14H24N4OS. The summed E-state index contributed by atoms with van der Waals surface area (Å²) in [7, 11) is 1.70. The van der Waals surface area contributed by atoms with Crippen LogP contribution in [-0.2, 0) is 11.3 Å². The van der Waals surface area contributed by atoms with Crippen molar-refractivity contribution in [3.05, 3.63) is 12.4 Å². The monoisotopic (exact) mass is 296 g/mol. The third kappa shape index (κ3) is 3.99. The quantitative estimate of drug-likeness (QED) is 0.840. The number of hydrogen-bond acceptors (Lipinski definition) is 5. The molecule has 0 saturated heterocycles. The average molecular weight is 296 g/mol. The Morgan fingerprint density at radius 3 is 3.00 bits per heavy atom. The summed E-state index contributed by atoms with van der Waals surface area (Å²) in [5.41, 5.74) is 0.998. The molecule has 112 valence electrons. The van der Waals surface area contributed by atoms with E-state index in [4.69, 9.17) is 4.74 Å². The Hall–Kier alpha value is -1.01. The van der Waals surface area contributed by atoms with E-state index in [0.717, 1.165) is 29.9 Å². The van der Waals surface area contributed by atoms with Gasteiger partial charge in [-0.2, -0.15) is 5.10 Å². The summed E-state index contributed by atoms with van der Waals surface area (Å²) < 4.78 is 6.92. The summed E-state index contributed by atoms with van der Waals surface area (Å²) in [6.45, 7) is 6.90. The number of nitrogens with one attached hydrogen (secondary N) is 1. The third-order valence-electron chi connectivity index (χ3n) is 3.66. The van der Waals surface area contributed by atoms with E-state index in [1.54, 1.807) is 7.11 Å². The van der Waals surface area contributed by atoms with Gasteiger partial charge in [0.2, 0.25) is 0 Å². The van der Waals surface area contributed by atoms with Crippen molar-refractivity contribution < 1.29 is 4.74 Å². The maximum absolute atomic E-state index is 5.04. The van der Waals surface area contributed by atoms with E-state index < -0.39 is 0 Å². The normalized spacial score (nSPS) is 18.6. The maximum Gasteiger partial charge on any atom is 0.161 e. The van der Waals surface area contributed by atoms with Crippen LogP contribution in [0, 0.1) is 5.92 Å². The molecule has 1 aliphatic rings. The molecule has 0 radical (unpaired) electrons. The maximum atomic E-state index is 5.04. The van der Waals surface area contributed by atoms with Crippen LogP contribution in [0.1, 0.15) is 26.7 Å². The summed E-state index contributed by atoms with van der Waals surface area (Å²) in [6.07, 6.45) is 6.29. The Bertz CT molecular complexity index is 442. The van der Waals surface area contributed by atoms with Crippen LogP contribution in [0.5, 0.6) is 0 Å². The van der Waals surface area contributed by atoms with Crippen LogP contribution in [0.3, 0.4) is 0 Å². The number of aliphatic imine (C=N–C) groups is 1. The van der Waals surface area contributed by atoms with Gasteiger partial charge >= 0.3 is 0 Å². The first-order chi connectivity index (χ1) is 9.76. The second-order valence-electron chi connectivity index (χ2n) is 4.99. The molecule has 5 nitrogen and oxygen atoms in total. The summed E-state index contributed by atoms with van der Waals surface area (Å²) in [4.78, 5) is 4.61. The first-order valence-electron chi connectivity index (χ1n) is 7.26. The SMILES string of the molecule is CCC(CC)C1CN=C(Nc2cnn(CCOC)c2)S1. The summed E-state index contributed by atoms with van der Waals surface area (Å²) in [6, 6.07) is 0. The topological polar surface area (TPSA) is 51.4 Å². The summed E-state index contributed by atoms with van der Waals surface area (Å²) in [5, 5.41) is 9.29. The molecule has 1 unspecified atom stereocenters. The second kappa shape index (κ2) is 7.69. The third-order valence-corrected chi connectivity index (χ3v) is 4.95. The van der Waals surface area contributed by atoms with E-state index in [2.05, 4.69) is 29.3 Å². The summed E-state index contributed by atoms with van der Waals surface area (Å²) >= 11 is 1.87. The highest BCUT2D eigenvalue weighted by Gasteiger charge is 2.26. The van der Waals surface area contributed by atoms with E-state index in [1.165, 1.54) is 12.8 Å². The summed E-state index contributed by atoms with van der Waals surface area (Å²) in [5.74, 6) is 0.757. The predicted octanol–water partition coefficient (Wildman–Crippen LogP) is 2.85. The molecule has 2 rings (SSSR count). The zero-order chi connectivity index (χ0) is 14.4. The number of hydrogen-bond donors (Lipinski definition) is 1. The number of nitrogens with zero attached hydrogens (tertiary/aromatic N) is 3. The fourth-order valence-corrected chi connectivity index (χ4v) is 3.72. The van der Waals surface area contributed by atoms with Crippen molar-refractivity contribution in [2.24, 2.45) is 10.9 Å². The highest BCUT2D eigenvalue weighted by atomic mass is 32.2. The molecule has 0 bridgehead atoms. The zero-order valence-corrected chi connectivity index (χ0v) is 13.3. The van der Waals surface area contributed by atoms with Crippen LogP contribution in [0.4, 0.5) is 5.69 Å². The zero-order valence-electron chi connectivity index (χ0n) is 12.5. The molecule has 1 N–H and O–H groups in total. The lowest BCUT2D eigenvalue weighted by Gasteiger charge is -2.18. The van der Waals surface area contributed by atoms with E-state index in [-0.39, 0.29) is 0 Å². The Morgan fingerprint density at radius 2 is 2.30 bits per heavy atom. The van der Waals surface area contributed by atoms with Crippen LogP contribution < -0.4 is 5.32 Å². The molecule has 1 aliphatic heterocycles. The van der Waals surface area contributed by atoms with Crippen LogP contribution in [0.25, 0.3) is 0 Å². The van der Waals surface area contributed by atoms with Crippen molar-refractivity contribution in [2.45, 2.75) is 38.5 Å². The van der Waals surface area contributed by atoms with Crippen LogP contribution in [0.2, 0.25) is 0 Å². The van der Waals surface area contributed by atoms with E-state index in [0.29, 0.717) is 11.9 Å². The van der Waals surface area contributed by atoms with Gasteiger partial charge in [0.15, 0.2) is 5.17 Å². The average Bonchev–Trinajstić information content (AvgIpc) is 3.08.